The van der Waals surface area contributed by atoms with Crippen molar-refractivity contribution in [1.29, 1.82) is 0 Å². The van der Waals surface area contributed by atoms with E-state index in [1.807, 2.05) is 11.8 Å². The summed E-state index contributed by atoms with van der Waals surface area (Å²) < 4.78 is 0. The van der Waals surface area contributed by atoms with Crippen LogP contribution in [0.5, 0.6) is 0 Å². The Kier molecular flexibility index (Phi) is 3.31. The van der Waals surface area contributed by atoms with Crippen LogP contribution in [0.3, 0.4) is 0 Å². The molecule has 6 rings (SSSR count). The lowest BCUT2D eigenvalue weighted by molar-refractivity contribution is -0.0134. The summed E-state index contributed by atoms with van der Waals surface area (Å²) >= 11 is 1.85. The number of hydrogen-bond donors (Lipinski definition) is 1. The summed E-state index contributed by atoms with van der Waals surface area (Å²) in [4.78, 5) is 8.09. The van der Waals surface area contributed by atoms with Gasteiger partial charge in [0.2, 0.25) is 0 Å². The first-order valence-electron chi connectivity index (χ1n) is 9.21. The summed E-state index contributed by atoms with van der Waals surface area (Å²) in [6.07, 6.45) is 7.63. The molecule has 1 aliphatic carbocycles. The van der Waals surface area contributed by atoms with Gasteiger partial charge in [0.1, 0.15) is 0 Å². The van der Waals surface area contributed by atoms with Gasteiger partial charge in [-0.3, -0.25) is 4.90 Å². The molecule has 5 atom stereocenters. The van der Waals surface area contributed by atoms with Crippen LogP contribution in [0.15, 0.2) is 23.1 Å². The van der Waals surface area contributed by atoms with Crippen molar-refractivity contribution in [2.75, 3.05) is 19.3 Å². The van der Waals surface area contributed by atoms with Gasteiger partial charge in [0.05, 0.1) is 0 Å². The third kappa shape index (κ3) is 2.05. The highest BCUT2D eigenvalue weighted by molar-refractivity contribution is 7.98. The van der Waals surface area contributed by atoms with Crippen LogP contribution in [0.2, 0.25) is 0 Å². The number of H-pyrrole nitrogens is 1. The lowest BCUT2D eigenvalue weighted by Crippen LogP contribution is -2.56. The molecule has 4 bridgehead atoms. The van der Waals surface area contributed by atoms with E-state index in [9.17, 15) is 0 Å². The Bertz CT molecular complexity index is 749. The SMILES string of the molecule is CCC1CC2CC3c4[nH]c5ccc(SC)cc5c4CCN(C2)C13. The Morgan fingerprint density at radius 3 is 3.04 bits per heavy atom. The van der Waals surface area contributed by atoms with Gasteiger partial charge in [-0.05, 0) is 61.1 Å². The minimum Gasteiger partial charge on any atom is -0.358 e. The average molecular weight is 327 g/mol. The van der Waals surface area contributed by atoms with Gasteiger partial charge >= 0.3 is 0 Å². The topological polar surface area (TPSA) is 19.0 Å². The Hall–Kier alpha value is -0.930. The van der Waals surface area contributed by atoms with Crippen LogP contribution in [0, 0.1) is 11.8 Å². The number of aromatic nitrogens is 1. The fourth-order valence-corrected chi connectivity index (χ4v) is 6.24. The molecule has 4 aliphatic rings. The quantitative estimate of drug-likeness (QED) is 0.810. The molecule has 3 fully saturated rings. The highest BCUT2D eigenvalue weighted by Gasteiger charge is 2.48. The number of nitrogens with zero attached hydrogens (tertiary/aromatic N) is 1. The van der Waals surface area contributed by atoms with Crippen molar-refractivity contribution in [2.45, 2.75) is 49.5 Å². The van der Waals surface area contributed by atoms with Gasteiger partial charge < -0.3 is 4.98 Å². The lowest BCUT2D eigenvalue weighted by atomic mass is 9.65. The summed E-state index contributed by atoms with van der Waals surface area (Å²) in [6, 6.07) is 7.76. The van der Waals surface area contributed by atoms with Gasteiger partial charge in [-0.2, -0.15) is 0 Å². The molecule has 2 aromatic rings. The van der Waals surface area contributed by atoms with Crippen LogP contribution >= 0.6 is 11.8 Å². The van der Waals surface area contributed by atoms with Gasteiger partial charge in [-0.15, -0.1) is 11.8 Å². The molecule has 4 heterocycles. The van der Waals surface area contributed by atoms with E-state index in [1.54, 1.807) is 11.3 Å². The maximum Gasteiger partial charge on any atom is 0.0459 e. The minimum atomic E-state index is 0.745. The molecular formula is C20H26N2S. The zero-order chi connectivity index (χ0) is 15.6. The zero-order valence-electron chi connectivity index (χ0n) is 14.1. The number of fused-ring (bicyclic) bond motifs is 4. The van der Waals surface area contributed by atoms with E-state index in [-0.39, 0.29) is 0 Å². The molecule has 1 aromatic heterocycles. The van der Waals surface area contributed by atoms with E-state index < -0.39 is 0 Å². The Balaban J connectivity index is 1.66. The molecule has 3 heteroatoms. The molecule has 0 radical (unpaired) electrons. The fraction of sp³-hybridized carbons (Fsp3) is 0.600. The number of aromatic amines is 1. The summed E-state index contributed by atoms with van der Waals surface area (Å²) in [7, 11) is 0. The number of piperidine rings is 2. The molecule has 1 aromatic carbocycles. The van der Waals surface area contributed by atoms with Crippen LogP contribution < -0.4 is 0 Å². The minimum absolute atomic E-state index is 0.745. The summed E-state index contributed by atoms with van der Waals surface area (Å²) in [6.45, 7) is 5.02. The second-order valence-corrected chi connectivity index (χ2v) is 8.66. The standard InChI is InChI=1S/C20H26N2S/c1-3-13-8-12-9-17-19-15(6-7-22(11-12)20(13)17)16-10-14(23-2)4-5-18(16)21-19/h4-5,10,12-13,17,20-21H,3,6-9,11H2,1-2H3. The predicted molar refractivity (Wildman–Crippen MR) is 98.4 cm³/mol. The van der Waals surface area contributed by atoms with E-state index >= 15 is 0 Å². The van der Waals surface area contributed by atoms with Crippen LogP contribution in [0.4, 0.5) is 0 Å². The normalized spacial score (nSPS) is 35.3. The van der Waals surface area contributed by atoms with Crippen LogP contribution in [-0.2, 0) is 6.42 Å². The Morgan fingerprint density at radius 1 is 1.30 bits per heavy atom. The van der Waals surface area contributed by atoms with Crippen LogP contribution in [-0.4, -0.2) is 35.3 Å². The molecule has 122 valence electrons. The first-order valence-corrected chi connectivity index (χ1v) is 10.4. The van der Waals surface area contributed by atoms with Crippen molar-refractivity contribution < 1.29 is 0 Å². The van der Waals surface area contributed by atoms with Crippen molar-refractivity contribution in [3.63, 3.8) is 0 Å². The molecule has 2 saturated heterocycles. The molecule has 0 spiro atoms. The number of hydrogen-bond acceptors (Lipinski definition) is 2. The first kappa shape index (κ1) is 14.4. The van der Waals surface area contributed by atoms with Gasteiger partial charge in [0.15, 0.2) is 0 Å². The molecule has 1 saturated carbocycles. The first-order chi connectivity index (χ1) is 11.3. The molecule has 0 amide bonds. The lowest BCUT2D eigenvalue weighted by Gasteiger charge is -2.53. The molecule has 3 aliphatic heterocycles. The highest BCUT2D eigenvalue weighted by Crippen LogP contribution is 2.51. The van der Waals surface area contributed by atoms with Gasteiger partial charge in [0, 0.05) is 46.5 Å². The molecule has 1 N–H and O–H groups in total. The largest absolute Gasteiger partial charge is 0.358 e. The zero-order valence-corrected chi connectivity index (χ0v) is 15.0. The van der Waals surface area contributed by atoms with Crippen molar-refractivity contribution in [1.82, 2.24) is 9.88 Å². The van der Waals surface area contributed by atoms with E-state index in [4.69, 9.17) is 0 Å². The maximum atomic E-state index is 3.86. The smallest absolute Gasteiger partial charge is 0.0459 e. The van der Waals surface area contributed by atoms with Crippen LogP contribution in [0.1, 0.15) is 43.4 Å². The average Bonchev–Trinajstić information content (AvgIpc) is 2.92. The van der Waals surface area contributed by atoms with Gasteiger partial charge in [-0.25, -0.2) is 0 Å². The van der Waals surface area contributed by atoms with E-state index in [0.29, 0.717) is 0 Å². The summed E-state index contributed by atoms with van der Waals surface area (Å²) in [5.74, 6) is 2.58. The summed E-state index contributed by atoms with van der Waals surface area (Å²) in [5.41, 5.74) is 4.58. The highest BCUT2D eigenvalue weighted by atomic mass is 32.2. The monoisotopic (exact) mass is 326 g/mol. The molecule has 23 heavy (non-hydrogen) atoms. The van der Waals surface area contributed by atoms with Gasteiger partial charge in [0.25, 0.3) is 0 Å². The second-order valence-electron chi connectivity index (χ2n) is 7.78. The number of benzene rings is 1. The molecule has 5 unspecified atom stereocenters. The van der Waals surface area contributed by atoms with E-state index in [0.717, 1.165) is 23.8 Å². The van der Waals surface area contributed by atoms with Crippen molar-refractivity contribution in [3.05, 3.63) is 29.5 Å². The number of nitrogens with one attached hydrogen (secondary N) is 1. The third-order valence-corrected chi connectivity index (χ3v) is 7.45. The predicted octanol–water partition coefficient (Wildman–Crippen LogP) is 4.65. The van der Waals surface area contributed by atoms with Crippen molar-refractivity contribution >= 4 is 22.7 Å². The molecule has 2 nitrogen and oxygen atoms in total. The Labute approximate surface area is 143 Å². The van der Waals surface area contributed by atoms with Crippen molar-refractivity contribution in [2.24, 2.45) is 11.8 Å². The Morgan fingerprint density at radius 2 is 2.22 bits per heavy atom. The number of thioether (sulfide) groups is 1. The number of rotatable bonds is 2. The van der Waals surface area contributed by atoms with Gasteiger partial charge in [-0.1, -0.05) is 13.3 Å². The fourth-order valence-electron chi connectivity index (χ4n) is 5.80. The second kappa shape index (κ2) is 5.29. The van der Waals surface area contributed by atoms with E-state index in [1.165, 1.54) is 54.6 Å². The third-order valence-electron chi connectivity index (χ3n) is 6.72. The molecular weight excluding hydrogens is 300 g/mol. The van der Waals surface area contributed by atoms with Crippen molar-refractivity contribution in [3.8, 4) is 0 Å². The van der Waals surface area contributed by atoms with Crippen LogP contribution in [0.25, 0.3) is 10.9 Å². The summed E-state index contributed by atoms with van der Waals surface area (Å²) in [5, 5.41) is 1.49. The maximum absolute atomic E-state index is 3.86. The van der Waals surface area contributed by atoms with E-state index in [2.05, 4.69) is 41.3 Å².